The van der Waals surface area contributed by atoms with Gasteiger partial charge in [0, 0.05) is 18.6 Å². The quantitative estimate of drug-likeness (QED) is 0.905. The standard InChI is InChI=1S/C17H26N2O2/c1-2-19(14-6-4-3-5-7-14)15(11-18)13-8-9-16-17(10-13)21-12-20-16/h8-10,14-15H,2-7,11-12,18H2,1H3. The molecule has 3 rings (SSSR count). The summed E-state index contributed by atoms with van der Waals surface area (Å²) in [4.78, 5) is 2.58. The molecule has 1 aliphatic carbocycles. The van der Waals surface area contributed by atoms with Crippen molar-refractivity contribution in [1.82, 2.24) is 4.90 Å². The minimum absolute atomic E-state index is 0.271. The number of fused-ring (bicyclic) bond motifs is 1. The van der Waals surface area contributed by atoms with Crippen molar-refractivity contribution in [2.75, 3.05) is 19.9 Å². The van der Waals surface area contributed by atoms with Crippen LogP contribution in [0.1, 0.15) is 50.6 Å². The zero-order valence-corrected chi connectivity index (χ0v) is 12.9. The average molecular weight is 290 g/mol. The monoisotopic (exact) mass is 290 g/mol. The van der Waals surface area contributed by atoms with E-state index in [1.165, 1.54) is 37.7 Å². The minimum Gasteiger partial charge on any atom is -0.454 e. The highest BCUT2D eigenvalue weighted by Crippen LogP contribution is 2.36. The fourth-order valence-corrected chi connectivity index (χ4v) is 3.73. The molecular formula is C17H26N2O2. The van der Waals surface area contributed by atoms with Crippen molar-refractivity contribution < 1.29 is 9.47 Å². The molecule has 0 spiro atoms. The largest absolute Gasteiger partial charge is 0.454 e. The lowest BCUT2D eigenvalue weighted by molar-refractivity contribution is 0.113. The molecular weight excluding hydrogens is 264 g/mol. The van der Waals surface area contributed by atoms with Gasteiger partial charge in [0.1, 0.15) is 0 Å². The van der Waals surface area contributed by atoms with Crippen LogP contribution < -0.4 is 15.2 Å². The molecule has 2 aliphatic rings. The van der Waals surface area contributed by atoms with Crippen molar-refractivity contribution in [2.45, 2.75) is 51.1 Å². The van der Waals surface area contributed by atoms with E-state index >= 15 is 0 Å². The topological polar surface area (TPSA) is 47.7 Å². The van der Waals surface area contributed by atoms with Gasteiger partial charge in [0.05, 0.1) is 0 Å². The van der Waals surface area contributed by atoms with E-state index in [0.29, 0.717) is 19.4 Å². The maximum atomic E-state index is 6.12. The molecule has 2 N–H and O–H groups in total. The third-order valence-corrected chi connectivity index (χ3v) is 4.81. The van der Waals surface area contributed by atoms with Crippen LogP contribution in [0, 0.1) is 0 Å². The predicted octanol–water partition coefficient (Wildman–Crippen LogP) is 3.07. The summed E-state index contributed by atoms with van der Waals surface area (Å²) in [5.41, 5.74) is 7.36. The van der Waals surface area contributed by atoms with Gasteiger partial charge in [0.25, 0.3) is 0 Å². The molecule has 4 nitrogen and oxygen atoms in total. The fourth-order valence-electron chi connectivity index (χ4n) is 3.73. The first-order valence-corrected chi connectivity index (χ1v) is 8.19. The molecule has 4 heteroatoms. The molecule has 1 aromatic carbocycles. The highest BCUT2D eigenvalue weighted by atomic mass is 16.7. The Hall–Kier alpha value is -1.26. The molecule has 1 aliphatic heterocycles. The highest BCUT2D eigenvalue weighted by molar-refractivity contribution is 5.45. The molecule has 1 atom stereocenters. The second-order valence-corrected chi connectivity index (χ2v) is 5.99. The third-order valence-electron chi connectivity index (χ3n) is 4.81. The van der Waals surface area contributed by atoms with Gasteiger partial charge in [-0.1, -0.05) is 32.3 Å². The summed E-state index contributed by atoms with van der Waals surface area (Å²) in [5, 5.41) is 0. The van der Waals surface area contributed by atoms with Crippen LogP contribution in [0.25, 0.3) is 0 Å². The lowest BCUT2D eigenvalue weighted by Gasteiger charge is -2.39. The van der Waals surface area contributed by atoms with Crippen LogP contribution in [0.4, 0.5) is 0 Å². The lowest BCUT2D eigenvalue weighted by Crippen LogP contribution is -2.42. The van der Waals surface area contributed by atoms with Gasteiger partial charge in [-0.3, -0.25) is 4.90 Å². The predicted molar refractivity (Wildman–Crippen MR) is 83.6 cm³/mol. The van der Waals surface area contributed by atoms with Crippen LogP contribution in [0.2, 0.25) is 0 Å². The summed E-state index contributed by atoms with van der Waals surface area (Å²) in [6.45, 7) is 4.25. The van der Waals surface area contributed by atoms with Crippen LogP contribution >= 0.6 is 0 Å². The SMILES string of the molecule is CCN(C1CCCCC1)C(CN)c1ccc2c(c1)OCO2. The van der Waals surface area contributed by atoms with Gasteiger partial charge in [-0.05, 0) is 37.1 Å². The van der Waals surface area contributed by atoms with Crippen molar-refractivity contribution in [2.24, 2.45) is 5.73 Å². The molecule has 0 aromatic heterocycles. The van der Waals surface area contributed by atoms with Crippen molar-refractivity contribution in [3.8, 4) is 11.5 Å². The van der Waals surface area contributed by atoms with Crippen LogP contribution in [-0.2, 0) is 0 Å². The van der Waals surface area contributed by atoms with Crippen molar-refractivity contribution >= 4 is 0 Å². The molecule has 0 saturated heterocycles. The first-order chi connectivity index (χ1) is 10.3. The number of nitrogens with two attached hydrogens (primary N) is 1. The number of nitrogens with zero attached hydrogens (tertiary/aromatic N) is 1. The first-order valence-electron chi connectivity index (χ1n) is 8.19. The van der Waals surface area contributed by atoms with Crippen molar-refractivity contribution in [1.29, 1.82) is 0 Å². The Morgan fingerprint density at radius 3 is 2.67 bits per heavy atom. The normalized spacial score (nSPS) is 20.0. The Morgan fingerprint density at radius 1 is 1.19 bits per heavy atom. The van der Waals surface area contributed by atoms with E-state index in [1.807, 2.05) is 6.07 Å². The second kappa shape index (κ2) is 6.67. The number of ether oxygens (including phenoxy) is 2. The van der Waals surface area contributed by atoms with E-state index in [2.05, 4.69) is 24.0 Å². The summed E-state index contributed by atoms with van der Waals surface area (Å²) < 4.78 is 10.9. The molecule has 1 aromatic rings. The van der Waals surface area contributed by atoms with Crippen LogP contribution in [0.15, 0.2) is 18.2 Å². The van der Waals surface area contributed by atoms with Gasteiger partial charge in [-0.15, -0.1) is 0 Å². The molecule has 116 valence electrons. The summed E-state index contributed by atoms with van der Waals surface area (Å²) >= 11 is 0. The van der Waals surface area contributed by atoms with Gasteiger partial charge >= 0.3 is 0 Å². The Balaban J connectivity index is 1.81. The Bertz CT molecular complexity index is 472. The van der Waals surface area contributed by atoms with Gasteiger partial charge < -0.3 is 15.2 Å². The van der Waals surface area contributed by atoms with Crippen LogP contribution in [0.3, 0.4) is 0 Å². The minimum atomic E-state index is 0.271. The molecule has 1 saturated carbocycles. The summed E-state index contributed by atoms with van der Waals surface area (Å²) in [5.74, 6) is 1.70. The zero-order chi connectivity index (χ0) is 14.7. The second-order valence-electron chi connectivity index (χ2n) is 5.99. The van der Waals surface area contributed by atoms with Gasteiger partial charge in [-0.25, -0.2) is 0 Å². The molecule has 0 bridgehead atoms. The van der Waals surface area contributed by atoms with Crippen LogP contribution in [0.5, 0.6) is 11.5 Å². The number of rotatable bonds is 5. The van der Waals surface area contributed by atoms with Gasteiger partial charge in [0.15, 0.2) is 11.5 Å². The number of benzene rings is 1. The molecule has 0 amide bonds. The Morgan fingerprint density at radius 2 is 1.95 bits per heavy atom. The molecule has 21 heavy (non-hydrogen) atoms. The van der Waals surface area contributed by atoms with Crippen LogP contribution in [-0.4, -0.2) is 30.8 Å². The van der Waals surface area contributed by atoms with E-state index in [4.69, 9.17) is 15.2 Å². The summed E-state index contributed by atoms with van der Waals surface area (Å²) in [6, 6.07) is 7.19. The van der Waals surface area contributed by atoms with E-state index in [9.17, 15) is 0 Å². The molecule has 1 fully saturated rings. The first kappa shape index (κ1) is 14.7. The number of likely N-dealkylation sites (N-methyl/N-ethyl adjacent to an activating group) is 1. The average Bonchev–Trinajstić information content (AvgIpc) is 3.00. The van der Waals surface area contributed by atoms with E-state index in [-0.39, 0.29) is 6.04 Å². The lowest BCUT2D eigenvalue weighted by atomic mass is 9.92. The van der Waals surface area contributed by atoms with E-state index < -0.39 is 0 Å². The maximum absolute atomic E-state index is 6.12. The summed E-state index contributed by atoms with van der Waals surface area (Å²) in [6.07, 6.45) is 6.67. The van der Waals surface area contributed by atoms with Gasteiger partial charge in [-0.2, -0.15) is 0 Å². The fraction of sp³-hybridized carbons (Fsp3) is 0.647. The smallest absolute Gasteiger partial charge is 0.231 e. The summed E-state index contributed by atoms with van der Waals surface area (Å²) in [7, 11) is 0. The Labute approximate surface area is 127 Å². The van der Waals surface area contributed by atoms with Crippen molar-refractivity contribution in [3.63, 3.8) is 0 Å². The zero-order valence-electron chi connectivity index (χ0n) is 12.9. The molecule has 1 heterocycles. The molecule has 1 unspecified atom stereocenters. The van der Waals surface area contributed by atoms with E-state index in [1.54, 1.807) is 0 Å². The van der Waals surface area contributed by atoms with E-state index in [0.717, 1.165) is 18.0 Å². The Kier molecular flexibility index (Phi) is 4.66. The highest BCUT2D eigenvalue weighted by Gasteiger charge is 2.27. The maximum Gasteiger partial charge on any atom is 0.231 e. The number of hydrogen-bond donors (Lipinski definition) is 1. The van der Waals surface area contributed by atoms with Gasteiger partial charge in [0.2, 0.25) is 6.79 Å². The molecule has 0 radical (unpaired) electrons. The third kappa shape index (κ3) is 3.01. The van der Waals surface area contributed by atoms with Crippen molar-refractivity contribution in [3.05, 3.63) is 23.8 Å². The number of hydrogen-bond acceptors (Lipinski definition) is 4.